The van der Waals surface area contributed by atoms with Gasteiger partial charge in [0, 0.05) is 13.2 Å². The van der Waals surface area contributed by atoms with E-state index in [-0.39, 0.29) is 30.9 Å². The maximum atomic E-state index is 12.8. The zero-order chi connectivity index (χ0) is 15.9. The molecule has 0 aliphatic carbocycles. The van der Waals surface area contributed by atoms with Gasteiger partial charge in [0.25, 0.3) is 5.91 Å². The first kappa shape index (κ1) is 15.8. The van der Waals surface area contributed by atoms with Crippen molar-refractivity contribution in [2.75, 3.05) is 25.5 Å². The number of benzene rings is 1. The molecule has 22 heavy (non-hydrogen) atoms. The minimum absolute atomic E-state index is 0.0211. The fourth-order valence-electron chi connectivity index (χ4n) is 3.14. The Morgan fingerprint density at radius 2 is 2.18 bits per heavy atom. The van der Waals surface area contributed by atoms with Crippen molar-refractivity contribution in [3.8, 4) is 0 Å². The number of ether oxygens (including phenoxy) is 1. The van der Waals surface area contributed by atoms with Crippen molar-refractivity contribution in [3.63, 3.8) is 0 Å². The number of nitrogens with zero attached hydrogens (tertiary/aromatic N) is 1. The van der Waals surface area contributed by atoms with Crippen molar-refractivity contribution in [1.82, 2.24) is 4.90 Å². The normalized spacial score (nSPS) is 27.3. The van der Waals surface area contributed by atoms with Crippen LogP contribution in [0, 0.1) is 6.92 Å². The Hall–Kier alpha value is -1.11. The molecule has 2 fully saturated rings. The summed E-state index contributed by atoms with van der Waals surface area (Å²) in [4.78, 5) is 14.5. The van der Waals surface area contributed by atoms with Gasteiger partial charge in [0.15, 0.2) is 9.84 Å². The summed E-state index contributed by atoms with van der Waals surface area (Å²) < 4.78 is 29.7. The molecule has 0 saturated carbocycles. The zero-order valence-corrected chi connectivity index (χ0v) is 13.9. The van der Waals surface area contributed by atoms with E-state index in [1.807, 2.05) is 13.0 Å². The number of carbonyl (C=O) groups excluding carboxylic acids is 1. The van der Waals surface area contributed by atoms with E-state index < -0.39 is 15.1 Å². The number of fused-ring (bicyclic) bond motifs is 1. The summed E-state index contributed by atoms with van der Waals surface area (Å²) in [5.41, 5.74) is 1.41. The smallest absolute Gasteiger partial charge is 0.255 e. The largest absolute Gasteiger partial charge is 0.380 e. The molecule has 0 unspecified atom stereocenters. The van der Waals surface area contributed by atoms with Crippen LogP contribution in [0.15, 0.2) is 18.2 Å². The molecule has 2 saturated heterocycles. The predicted molar refractivity (Wildman–Crippen MR) is 84.0 cm³/mol. The van der Waals surface area contributed by atoms with Crippen LogP contribution in [0.5, 0.6) is 0 Å². The van der Waals surface area contributed by atoms with Crippen molar-refractivity contribution in [2.45, 2.75) is 24.6 Å². The van der Waals surface area contributed by atoms with E-state index in [0.717, 1.165) is 5.56 Å². The van der Waals surface area contributed by atoms with Gasteiger partial charge in [-0.25, -0.2) is 8.42 Å². The molecule has 1 amide bonds. The second-order valence-electron chi connectivity index (χ2n) is 5.82. The van der Waals surface area contributed by atoms with Gasteiger partial charge in [-0.3, -0.25) is 4.79 Å². The van der Waals surface area contributed by atoms with E-state index in [9.17, 15) is 13.2 Å². The number of halogens is 1. The number of carbonyl (C=O) groups is 1. The third-order valence-electron chi connectivity index (χ3n) is 4.36. The van der Waals surface area contributed by atoms with E-state index in [0.29, 0.717) is 23.6 Å². The first-order valence-electron chi connectivity index (χ1n) is 7.26. The summed E-state index contributed by atoms with van der Waals surface area (Å²) in [6.45, 7) is 2.76. The van der Waals surface area contributed by atoms with Gasteiger partial charge in [-0.2, -0.15) is 0 Å². The molecule has 2 atom stereocenters. The average Bonchev–Trinajstić information content (AvgIpc) is 2.47. The zero-order valence-electron chi connectivity index (χ0n) is 12.3. The number of hydrogen-bond acceptors (Lipinski definition) is 4. The van der Waals surface area contributed by atoms with Crippen LogP contribution in [0.1, 0.15) is 22.3 Å². The Kier molecular flexibility index (Phi) is 4.18. The SMILES string of the molecule is Cc1ccc(C(=O)N2CCS(=O)(=O)[C@@H]3COCC[C@@H]32)c(Cl)c1. The highest BCUT2D eigenvalue weighted by atomic mass is 35.5. The monoisotopic (exact) mass is 343 g/mol. The molecule has 1 aromatic carbocycles. The second-order valence-corrected chi connectivity index (χ2v) is 8.56. The van der Waals surface area contributed by atoms with Crippen LogP contribution < -0.4 is 0 Å². The average molecular weight is 344 g/mol. The Balaban J connectivity index is 1.92. The maximum Gasteiger partial charge on any atom is 0.255 e. The van der Waals surface area contributed by atoms with Gasteiger partial charge in [0.1, 0.15) is 5.25 Å². The van der Waals surface area contributed by atoms with Crippen molar-refractivity contribution in [3.05, 3.63) is 34.3 Å². The third kappa shape index (κ3) is 2.75. The highest BCUT2D eigenvalue weighted by Crippen LogP contribution is 2.29. The van der Waals surface area contributed by atoms with Crippen LogP contribution >= 0.6 is 11.6 Å². The Labute approximate surface area is 135 Å². The first-order chi connectivity index (χ1) is 10.4. The summed E-state index contributed by atoms with van der Waals surface area (Å²) in [6.07, 6.45) is 0.541. The van der Waals surface area contributed by atoms with E-state index in [1.54, 1.807) is 17.0 Å². The predicted octanol–water partition coefficient (Wildman–Crippen LogP) is 1.68. The summed E-state index contributed by atoms with van der Waals surface area (Å²) in [5.74, 6) is -0.218. The third-order valence-corrected chi connectivity index (χ3v) is 6.80. The Morgan fingerprint density at radius 3 is 2.91 bits per heavy atom. The molecule has 0 spiro atoms. The first-order valence-corrected chi connectivity index (χ1v) is 9.36. The topological polar surface area (TPSA) is 63.7 Å². The molecule has 0 N–H and O–H groups in total. The molecular weight excluding hydrogens is 326 g/mol. The number of rotatable bonds is 1. The van der Waals surface area contributed by atoms with Crippen molar-refractivity contribution < 1.29 is 17.9 Å². The number of aryl methyl sites for hydroxylation is 1. The summed E-state index contributed by atoms with van der Waals surface area (Å²) >= 11 is 6.18. The molecule has 0 aromatic heterocycles. The van der Waals surface area contributed by atoms with Crippen molar-refractivity contribution >= 4 is 27.3 Å². The maximum absolute atomic E-state index is 12.8. The van der Waals surface area contributed by atoms with Crippen molar-refractivity contribution in [2.24, 2.45) is 0 Å². The van der Waals surface area contributed by atoms with Crippen LogP contribution in [-0.2, 0) is 14.6 Å². The fraction of sp³-hybridized carbons (Fsp3) is 0.533. The van der Waals surface area contributed by atoms with Gasteiger partial charge >= 0.3 is 0 Å². The molecule has 1 aromatic rings. The molecule has 120 valence electrons. The van der Waals surface area contributed by atoms with E-state index in [1.165, 1.54) is 0 Å². The number of amides is 1. The van der Waals surface area contributed by atoms with Crippen LogP contribution in [-0.4, -0.2) is 56.0 Å². The Bertz CT molecular complexity index is 703. The minimum atomic E-state index is -3.20. The van der Waals surface area contributed by atoms with E-state index in [2.05, 4.69) is 0 Å². The lowest BCUT2D eigenvalue weighted by molar-refractivity contribution is 0.0294. The van der Waals surface area contributed by atoms with E-state index >= 15 is 0 Å². The molecule has 2 aliphatic heterocycles. The van der Waals surface area contributed by atoms with Gasteiger partial charge in [0.05, 0.1) is 29.0 Å². The van der Waals surface area contributed by atoms with Crippen LogP contribution in [0.2, 0.25) is 5.02 Å². The quantitative estimate of drug-likeness (QED) is 0.778. The summed E-state index contributed by atoms with van der Waals surface area (Å²) in [7, 11) is -3.20. The number of sulfone groups is 1. The molecule has 0 radical (unpaired) electrons. The minimum Gasteiger partial charge on any atom is -0.380 e. The summed E-state index contributed by atoms with van der Waals surface area (Å²) in [6, 6.07) is 4.97. The molecule has 2 aliphatic rings. The van der Waals surface area contributed by atoms with Crippen LogP contribution in [0.25, 0.3) is 0 Å². The van der Waals surface area contributed by atoms with Gasteiger partial charge < -0.3 is 9.64 Å². The molecule has 2 heterocycles. The van der Waals surface area contributed by atoms with Crippen LogP contribution in [0.3, 0.4) is 0 Å². The standard InChI is InChI=1S/C15H18ClNO4S/c1-10-2-3-11(12(16)8-10)15(18)17-5-7-22(19,20)14-9-21-6-4-13(14)17/h2-3,8,13-14H,4-7,9H2,1H3/t13-,14+/m0/s1. The molecule has 3 rings (SSSR count). The van der Waals surface area contributed by atoms with Gasteiger partial charge in [0.2, 0.25) is 0 Å². The lowest BCUT2D eigenvalue weighted by Crippen LogP contribution is -2.60. The summed E-state index contributed by atoms with van der Waals surface area (Å²) in [5, 5.41) is -0.217. The number of hydrogen-bond donors (Lipinski definition) is 0. The highest BCUT2D eigenvalue weighted by Gasteiger charge is 2.45. The van der Waals surface area contributed by atoms with Crippen LogP contribution in [0.4, 0.5) is 0 Å². The van der Waals surface area contributed by atoms with E-state index in [4.69, 9.17) is 16.3 Å². The fourth-order valence-corrected chi connectivity index (χ4v) is 5.28. The molecule has 7 heteroatoms. The lowest BCUT2D eigenvalue weighted by Gasteiger charge is -2.43. The van der Waals surface area contributed by atoms with Gasteiger partial charge in [-0.15, -0.1) is 0 Å². The highest BCUT2D eigenvalue weighted by molar-refractivity contribution is 7.92. The Morgan fingerprint density at radius 1 is 1.41 bits per heavy atom. The van der Waals surface area contributed by atoms with Crippen molar-refractivity contribution in [1.29, 1.82) is 0 Å². The lowest BCUT2D eigenvalue weighted by atomic mass is 10.0. The molecule has 5 nitrogen and oxygen atoms in total. The van der Waals surface area contributed by atoms with Gasteiger partial charge in [-0.1, -0.05) is 17.7 Å². The second kappa shape index (κ2) is 5.83. The molecular formula is C15H18ClNO4S. The van der Waals surface area contributed by atoms with Gasteiger partial charge in [-0.05, 0) is 31.0 Å². The molecule has 0 bridgehead atoms.